The van der Waals surface area contributed by atoms with Crippen molar-refractivity contribution >= 4 is 27.3 Å². The quantitative estimate of drug-likeness (QED) is 0.864. The maximum atomic E-state index is 12.3. The monoisotopic (exact) mass is 329 g/mol. The minimum atomic E-state index is -3.24. The van der Waals surface area contributed by atoms with Crippen LogP contribution in [0, 0.1) is 0 Å². The van der Waals surface area contributed by atoms with Gasteiger partial charge < -0.3 is 5.32 Å². The molecule has 0 spiro atoms. The first kappa shape index (κ1) is 16.3. The number of amides is 1. The van der Waals surface area contributed by atoms with Gasteiger partial charge in [0.15, 0.2) is 9.84 Å². The summed E-state index contributed by atoms with van der Waals surface area (Å²) < 4.78 is 22.8. The van der Waals surface area contributed by atoms with E-state index in [0.29, 0.717) is 11.4 Å². The Morgan fingerprint density at radius 2 is 1.76 bits per heavy atom. The highest BCUT2D eigenvalue weighted by atomic mass is 35.5. The second kappa shape index (κ2) is 6.36. The summed E-state index contributed by atoms with van der Waals surface area (Å²) in [5, 5.41) is 3.04. The van der Waals surface area contributed by atoms with E-state index < -0.39 is 9.84 Å². The minimum Gasteiger partial charge on any atom is -0.345 e. The number of hydrogen-bond acceptors (Lipinski definition) is 3. The summed E-state index contributed by atoms with van der Waals surface area (Å²) in [6.45, 7) is 0. The molecule has 0 heterocycles. The molecule has 1 fully saturated rings. The number of benzene rings is 1. The predicted molar refractivity (Wildman–Crippen MR) is 83.6 cm³/mol. The lowest BCUT2D eigenvalue weighted by atomic mass is 9.83. The second-order valence-electron chi connectivity index (χ2n) is 5.73. The zero-order chi connectivity index (χ0) is 15.5. The average molecular weight is 330 g/mol. The lowest BCUT2D eigenvalue weighted by molar-refractivity contribution is 0.0884. The smallest absolute Gasteiger partial charge is 0.251 e. The van der Waals surface area contributed by atoms with Gasteiger partial charge >= 0.3 is 0 Å². The second-order valence-corrected chi connectivity index (χ2v) is 8.01. The molecule has 1 aliphatic carbocycles. The average Bonchev–Trinajstić information content (AvgIpc) is 2.47. The number of alkyl halides is 1. The molecule has 0 radical (unpaired) electrons. The number of hydrogen-bond donors (Lipinski definition) is 1. The van der Waals surface area contributed by atoms with Gasteiger partial charge in [-0.2, -0.15) is 0 Å². The van der Waals surface area contributed by atoms with Crippen molar-refractivity contribution in [3.05, 3.63) is 29.8 Å². The summed E-state index contributed by atoms with van der Waals surface area (Å²) in [5.74, 6) is 0.206. The van der Waals surface area contributed by atoms with E-state index >= 15 is 0 Å². The Kier molecular flexibility index (Phi) is 4.94. The van der Waals surface area contributed by atoms with Crippen LogP contribution in [0.3, 0.4) is 0 Å². The van der Waals surface area contributed by atoms with Crippen LogP contribution in [-0.4, -0.2) is 32.0 Å². The van der Waals surface area contributed by atoms with Gasteiger partial charge in [0.1, 0.15) is 0 Å². The third kappa shape index (κ3) is 3.98. The topological polar surface area (TPSA) is 63.2 Å². The van der Waals surface area contributed by atoms with E-state index in [4.69, 9.17) is 11.6 Å². The van der Waals surface area contributed by atoms with Crippen LogP contribution < -0.4 is 5.32 Å². The maximum Gasteiger partial charge on any atom is 0.251 e. The van der Waals surface area contributed by atoms with Crippen molar-refractivity contribution in [2.24, 2.45) is 0 Å². The van der Waals surface area contributed by atoms with Crippen LogP contribution >= 0.6 is 11.6 Å². The summed E-state index contributed by atoms with van der Waals surface area (Å²) in [5.41, 5.74) is 0.129. The molecule has 4 nitrogen and oxygen atoms in total. The van der Waals surface area contributed by atoms with E-state index in [1.807, 2.05) is 0 Å². The van der Waals surface area contributed by atoms with Crippen molar-refractivity contribution in [2.45, 2.75) is 42.5 Å². The third-order valence-corrected chi connectivity index (χ3v) is 5.63. The zero-order valence-electron chi connectivity index (χ0n) is 12.1. The Morgan fingerprint density at radius 1 is 1.19 bits per heavy atom. The summed E-state index contributed by atoms with van der Waals surface area (Å²) in [4.78, 5) is 12.5. The van der Waals surface area contributed by atoms with Gasteiger partial charge in [-0.05, 0) is 37.1 Å². The molecule has 21 heavy (non-hydrogen) atoms. The molecule has 1 aliphatic rings. The van der Waals surface area contributed by atoms with E-state index in [1.54, 1.807) is 0 Å². The first-order valence-electron chi connectivity index (χ1n) is 7.05. The Morgan fingerprint density at radius 3 is 2.24 bits per heavy atom. The molecule has 2 rings (SSSR count). The predicted octanol–water partition coefficient (Wildman–Crippen LogP) is 2.76. The lowest BCUT2D eigenvalue weighted by Gasteiger charge is -2.36. The van der Waals surface area contributed by atoms with Crippen LogP contribution in [0.25, 0.3) is 0 Å². The SMILES string of the molecule is CS(=O)(=O)c1ccc(C(=O)NC2(CCl)CCCCC2)cc1. The minimum absolute atomic E-state index is 0.197. The van der Waals surface area contributed by atoms with Gasteiger partial charge in [0.05, 0.1) is 10.4 Å². The highest BCUT2D eigenvalue weighted by Crippen LogP contribution is 2.29. The van der Waals surface area contributed by atoms with Crippen LogP contribution in [0.4, 0.5) is 0 Å². The van der Waals surface area contributed by atoms with Crippen LogP contribution in [0.5, 0.6) is 0 Å². The van der Waals surface area contributed by atoms with E-state index in [-0.39, 0.29) is 16.3 Å². The number of nitrogens with one attached hydrogen (secondary N) is 1. The molecule has 1 aromatic carbocycles. The van der Waals surface area contributed by atoms with Gasteiger partial charge in [0.25, 0.3) is 5.91 Å². The Hall–Kier alpha value is -1.07. The summed E-state index contributed by atoms with van der Waals surface area (Å²) in [7, 11) is -3.24. The van der Waals surface area contributed by atoms with Gasteiger partial charge in [-0.15, -0.1) is 11.6 Å². The molecule has 1 aromatic rings. The fourth-order valence-electron chi connectivity index (χ4n) is 2.69. The van der Waals surface area contributed by atoms with Crippen LogP contribution in [0.2, 0.25) is 0 Å². The lowest BCUT2D eigenvalue weighted by Crippen LogP contribution is -2.51. The number of carbonyl (C=O) groups excluding carboxylic acids is 1. The molecule has 0 saturated heterocycles. The summed E-state index contributed by atoms with van der Waals surface area (Å²) in [6, 6.07) is 5.99. The van der Waals surface area contributed by atoms with Gasteiger partial charge in [-0.3, -0.25) is 4.79 Å². The van der Waals surface area contributed by atoms with Crippen LogP contribution in [0.15, 0.2) is 29.2 Å². The molecule has 0 aliphatic heterocycles. The summed E-state index contributed by atoms with van der Waals surface area (Å²) in [6.07, 6.45) is 6.25. The molecule has 1 amide bonds. The van der Waals surface area contributed by atoms with Crippen LogP contribution in [0.1, 0.15) is 42.5 Å². The fourth-order valence-corrected chi connectivity index (χ4v) is 3.65. The fraction of sp³-hybridized carbons (Fsp3) is 0.533. The molecule has 0 bridgehead atoms. The van der Waals surface area contributed by atoms with E-state index in [0.717, 1.165) is 31.9 Å². The van der Waals surface area contributed by atoms with Crippen molar-refractivity contribution in [1.29, 1.82) is 0 Å². The van der Waals surface area contributed by atoms with Crippen LogP contribution in [-0.2, 0) is 9.84 Å². The van der Waals surface area contributed by atoms with Crippen molar-refractivity contribution in [3.63, 3.8) is 0 Å². The Balaban J connectivity index is 2.13. The number of sulfone groups is 1. The number of carbonyl (C=O) groups is 1. The number of rotatable bonds is 4. The Labute approximate surface area is 130 Å². The molecule has 6 heteroatoms. The first-order valence-corrected chi connectivity index (χ1v) is 9.48. The molecule has 0 atom stereocenters. The van der Waals surface area contributed by atoms with Crippen molar-refractivity contribution in [2.75, 3.05) is 12.1 Å². The molecule has 116 valence electrons. The molecule has 1 saturated carbocycles. The number of halogens is 1. The van der Waals surface area contributed by atoms with Gasteiger partial charge in [-0.1, -0.05) is 19.3 Å². The third-order valence-electron chi connectivity index (χ3n) is 3.99. The van der Waals surface area contributed by atoms with E-state index in [1.165, 1.54) is 30.7 Å². The highest BCUT2D eigenvalue weighted by molar-refractivity contribution is 7.90. The van der Waals surface area contributed by atoms with Gasteiger partial charge in [0.2, 0.25) is 0 Å². The zero-order valence-corrected chi connectivity index (χ0v) is 13.6. The van der Waals surface area contributed by atoms with Crippen molar-refractivity contribution < 1.29 is 13.2 Å². The molecule has 1 N–H and O–H groups in total. The summed E-state index contributed by atoms with van der Waals surface area (Å²) >= 11 is 6.06. The van der Waals surface area contributed by atoms with E-state index in [9.17, 15) is 13.2 Å². The highest BCUT2D eigenvalue weighted by Gasteiger charge is 2.32. The molecule has 0 aromatic heterocycles. The molecular formula is C15H20ClNO3S. The maximum absolute atomic E-state index is 12.3. The Bertz CT molecular complexity index is 604. The largest absolute Gasteiger partial charge is 0.345 e. The normalized spacial score (nSPS) is 18.2. The van der Waals surface area contributed by atoms with Crippen molar-refractivity contribution in [3.8, 4) is 0 Å². The van der Waals surface area contributed by atoms with Gasteiger partial charge in [0, 0.05) is 17.7 Å². The van der Waals surface area contributed by atoms with E-state index in [2.05, 4.69) is 5.32 Å². The van der Waals surface area contributed by atoms with Crippen molar-refractivity contribution in [1.82, 2.24) is 5.32 Å². The first-order chi connectivity index (χ1) is 9.86. The molecular weight excluding hydrogens is 310 g/mol. The molecule has 0 unspecified atom stereocenters. The van der Waals surface area contributed by atoms with Gasteiger partial charge in [-0.25, -0.2) is 8.42 Å². The standard InChI is InChI=1S/C15H20ClNO3S/c1-21(19,20)13-7-5-12(6-8-13)14(18)17-15(11-16)9-3-2-4-10-15/h5-8H,2-4,9-11H2,1H3,(H,17,18).